The second-order valence-electron chi connectivity index (χ2n) is 4.40. The van der Waals surface area contributed by atoms with Crippen LogP contribution in [0, 0.1) is 0 Å². The molecule has 1 aromatic heterocycles. The maximum absolute atomic E-state index is 11.9. The molecule has 0 aliphatic heterocycles. The van der Waals surface area contributed by atoms with Crippen molar-refractivity contribution in [3.05, 3.63) is 54.4 Å². The minimum Gasteiger partial charge on any atom is -0.494 e. The molecule has 1 amide bonds. The van der Waals surface area contributed by atoms with Gasteiger partial charge in [-0.1, -0.05) is 19.4 Å². The molecule has 0 spiro atoms. The van der Waals surface area contributed by atoms with E-state index in [0.29, 0.717) is 5.69 Å². The van der Waals surface area contributed by atoms with Crippen molar-refractivity contribution in [2.24, 2.45) is 0 Å². The number of carbonyl (C=O) groups excluding carboxylic acids is 1. The highest BCUT2D eigenvalue weighted by molar-refractivity contribution is 6.02. The van der Waals surface area contributed by atoms with Gasteiger partial charge in [0.2, 0.25) is 0 Å². The Hall–Kier alpha value is -2.36. The van der Waals surface area contributed by atoms with Gasteiger partial charge in [-0.05, 0) is 42.8 Å². The fraction of sp³-hybridized carbons (Fsp3) is 0.250. The number of anilines is 1. The van der Waals surface area contributed by atoms with E-state index in [0.717, 1.165) is 30.9 Å². The zero-order chi connectivity index (χ0) is 14.2. The third-order valence-corrected chi connectivity index (χ3v) is 2.78. The van der Waals surface area contributed by atoms with Crippen molar-refractivity contribution in [1.82, 2.24) is 4.98 Å². The number of nitrogens with one attached hydrogen (secondary N) is 1. The van der Waals surface area contributed by atoms with E-state index < -0.39 is 0 Å². The van der Waals surface area contributed by atoms with Crippen LogP contribution in [-0.2, 0) is 0 Å². The van der Waals surface area contributed by atoms with E-state index in [2.05, 4.69) is 17.2 Å². The number of carbonyl (C=O) groups is 1. The molecule has 2 aromatic rings. The molecule has 1 heterocycles. The van der Waals surface area contributed by atoms with Crippen LogP contribution in [0.3, 0.4) is 0 Å². The van der Waals surface area contributed by atoms with Crippen molar-refractivity contribution in [3.63, 3.8) is 0 Å². The molecule has 104 valence electrons. The molecule has 0 atom stereocenters. The third kappa shape index (κ3) is 4.09. The van der Waals surface area contributed by atoms with Crippen LogP contribution in [0.2, 0.25) is 0 Å². The van der Waals surface area contributed by atoms with Crippen LogP contribution in [0.4, 0.5) is 5.69 Å². The summed E-state index contributed by atoms with van der Waals surface area (Å²) >= 11 is 0. The van der Waals surface area contributed by atoms with Crippen LogP contribution in [0.25, 0.3) is 0 Å². The van der Waals surface area contributed by atoms with Crippen molar-refractivity contribution in [2.75, 3.05) is 11.9 Å². The first-order valence-corrected chi connectivity index (χ1v) is 6.75. The SMILES string of the molecule is CCCCOc1ccc(NC(=O)c2ccccn2)cc1. The summed E-state index contributed by atoms with van der Waals surface area (Å²) in [4.78, 5) is 15.9. The Kier molecular flexibility index (Phi) is 5.12. The predicted molar refractivity (Wildman–Crippen MR) is 79.0 cm³/mol. The molecule has 0 saturated carbocycles. The standard InChI is InChI=1S/C16H18N2O2/c1-2-3-12-20-14-9-7-13(8-10-14)18-16(19)15-6-4-5-11-17-15/h4-11H,2-3,12H2,1H3,(H,18,19). The topological polar surface area (TPSA) is 51.2 Å². The average Bonchev–Trinajstić information content (AvgIpc) is 2.50. The fourth-order valence-corrected chi connectivity index (χ4v) is 1.66. The molecule has 1 N–H and O–H groups in total. The number of hydrogen-bond donors (Lipinski definition) is 1. The van der Waals surface area contributed by atoms with E-state index in [1.807, 2.05) is 24.3 Å². The largest absolute Gasteiger partial charge is 0.494 e. The van der Waals surface area contributed by atoms with Crippen LogP contribution in [0.1, 0.15) is 30.3 Å². The first kappa shape index (κ1) is 14.1. The van der Waals surface area contributed by atoms with E-state index in [9.17, 15) is 4.79 Å². The first-order chi connectivity index (χ1) is 9.79. The smallest absolute Gasteiger partial charge is 0.274 e. The first-order valence-electron chi connectivity index (χ1n) is 6.75. The third-order valence-electron chi connectivity index (χ3n) is 2.78. The average molecular weight is 270 g/mol. The molecule has 4 heteroatoms. The molecule has 0 fully saturated rings. The molecule has 0 bridgehead atoms. The minimum atomic E-state index is -0.217. The van der Waals surface area contributed by atoms with Crippen LogP contribution >= 0.6 is 0 Å². The zero-order valence-corrected chi connectivity index (χ0v) is 11.5. The van der Waals surface area contributed by atoms with Gasteiger partial charge < -0.3 is 10.1 Å². The van der Waals surface area contributed by atoms with Crippen molar-refractivity contribution < 1.29 is 9.53 Å². The Morgan fingerprint density at radius 3 is 2.65 bits per heavy atom. The van der Waals surface area contributed by atoms with Crippen molar-refractivity contribution in [1.29, 1.82) is 0 Å². The lowest BCUT2D eigenvalue weighted by molar-refractivity contribution is 0.102. The number of rotatable bonds is 6. The lowest BCUT2D eigenvalue weighted by atomic mass is 10.2. The second kappa shape index (κ2) is 7.28. The number of pyridine rings is 1. The summed E-state index contributed by atoms with van der Waals surface area (Å²) in [5.74, 6) is 0.597. The normalized spacial score (nSPS) is 10.1. The van der Waals surface area contributed by atoms with Gasteiger partial charge in [0.15, 0.2) is 0 Å². The Morgan fingerprint density at radius 1 is 1.20 bits per heavy atom. The molecule has 0 saturated heterocycles. The minimum absolute atomic E-state index is 0.217. The number of nitrogens with zero attached hydrogens (tertiary/aromatic N) is 1. The summed E-state index contributed by atoms with van der Waals surface area (Å²) < 4.78 is 5.57. The van der Waals surface area contributed by atoms with Gasteiger partial charge in [0.05, 0.1) is 6.61 Å². The predicted octanol–water partition coefficient (Wildman–Crippen LogP) is 3.51. The van der Waals surface area contributed by atoms with Gasteiger partial charge in [0, 0.05) is 11.9 Å². The molecule has 0 aliphatic carbocycles. The van der Waals surface area contributed by atoms with E-state index >= 15 is 0 Å². The number of hydrogen-bond acceptors (Lipinski definition) is 3. The highest BCUT2D eigenvalue weighted by Crippen LogP contribution is 2.16. The summed E-state index contributed by atoms with van der Waals surface area (Å²) in [5.41, 5.74) is 1.12. The van der Waals surface area contributed by atoms with E-state index in [4.69, 9.17) is 4.74 Å². The summed E-state index contributed by atoms with van der Waals surface area (Å²) in [5, 5.41) is 2.80. The quantitative estimate of drug-likeness (QED) is 0.817. The van der Waals surface area contributed by atoms with Crippen molar-refractivity contribution in [2.45, 2.75) is 19.8 Å². The molecular formula is C16H18N2O2. The Morgan fingerprint density at radius 2 is 2.00 bits per heavy atom. The van der Waals surface area contributed by atoms with Crippen molar-refractivity contribution in [3.8, 4) is 5.75 Å². The summed E-state index contributed by atoms with van der Waals surface area (Å²) in [6.07, 6.45) is 3.75. The number of ether oxygens (including phenoxy) is 1. The van der Waals surface area contributed by atoms with Gasteiger partial charge in [0.1, 0.15) is 11.4 Å². The maximum atomic E-state index is 11.9. The van der Waals surface area contributed by atoms with Gasteiger partial charge in [-0.15, -0.1) is 0 Å². The van der Waals surface area contributed by atoms with Crippen LogP contribution in [-0.4, -0.2) is 17.5 Å². The molecular weight excluding hydrogens is 252 g/mol. The number of amides is 1. The molecule has 0 unspecified atom stereocenters. The second-order valence-corrected chi connectivity index (χ2v) is 4.40. The van der Waals surface area contributed by atoms with Crippen LogP contribution in [0.5, 0.6) is 5.75 Å². The van der Waals surface area contributed by atoms with E-state index in [-0.39, 0.29) is 5.91 Å². The molecule has 2 rings (SSSR count). The molecule has 0 radical (unpaired) electrons. The Balaban J connectivity index is 1.92. The maximum Gasteiger partial charge on any atom is 0.274 e. The van der Waals surface area contributed by atoms with E-state index in [1.54, 1.807) is 24.4 Å². The summed E-state index contributed by atoms with van der Waals surface area (Å²) in [6, 6.07) is 12.6. The Bertz CT molecular complexity index is 538. The molecule has 0 aliphatic rings. The number of benzene rings is 1. The van der Waals surface area contributed by atoms with Gasteiger partial charge in [-0.3, -0.25) is 9.78 Å². The highest BCUT2D eigenvalue weighted by atomic mass is 16.5. The lowest BCUT2D eigenvalue weighted by Crippen LogP contribution is -2.13. The highest BCUT2D eigenvalue weighted by Gasteiger charge is 2.06. The molecule has 1 aromatic carbocycles. The lowest BCUT2D eigenvalue weighted by Gasteiger charge is -2.07. The number of aromatic nitrogens is 1. The van der Waals surface area contributed by atoms with E-state index in [1.165, 1.54) is 0 Å². The van der Waals surface area contributed by atoms with Gasteiger partial charge in [-0.2, -0.15) is 0 Å². The molecule has 20 heavy (non-hydrogen) atoms. The van der Waals surface area contributed by atoms with Gasteiger partial charge in [-0.25, -0.2) is 0 Å². The summed E-state index contributed by atoms with van der Waals surface area (Å²) in [7, 11) is 0. The van der Waals surface area contributed by atoms with Gasteiger partial charge >= 0.3 is 0 Å². The fourth-order valence-electron chi connectivity index (χ4n) is 1.66. The van der Waals surface area contributed by atoms with Crippen molar-refractivity contribution >= 4 is 11.6 Å². The van der Waals surface area contributed by atoms with Crippen LogP contribution in [0.15, 0.2) is 48.7 Å². The number of unbranched alkanes of at least 4 members (excludes halogenated alkanes) is 1. The monoisotopic (exact) mass is 270 g/mol. The van der Waals surface area contributed by atoms with Crippen LogP contribution < -0.4 is 10.1 Å². The molecule has 4 nitrogen and oxygen atoms in total. The summed E-state index contributed by atoms with van der Waals surface area (Å²) in [6.45, 7) is 2.84. The zero-order valence-electron chi connectivity index (χ0n) is 11.5. The van der Waals surface area contributed by atoms with Gasteiger partial charge in [0.25, 0.3) is 5.91 Å². The Labute approximate surface area is 118 Å².